The van der Waals surface area contributed by atoms with Gasteiger partial charge in [-0.2, -0.15) is 0 Å². The molecule has 0 fully saturated rings. The molecule has 2 aromatic carbocycles. The van der Waals surface area contributed by atoms with Gasteiger partial charge in [0.05, 0.1) is 0 Å². The average molecular weight is 294 g/mol. The van der Waals surface area contributed by atoms with Gasteiger partial charge in [0, 0.05) is 16.3 Å². The van der Waals surface area contributed by atoms with Gasteiger partial charge < -0.3 is 9.42 Å². The first-order chi connectivity index (χ1) is 8.94. The Morgan fingerprint density at radius 3 is 1.95 bits per heavy atom. The molecule has 3 nitrogen and oxygen atoms in total. The Labute approximate surface area is 116 Å². The number of rotatable bonds is 4. The number of aryl methyl sites for hydroxylation is 2. The second-order valence-electron chi connectivity index (χ2n) is 4.28. The summed E-state index contributed by atoms with van der Waals surface area (Å²) in [5.41, 5.74) is 2.18. The van der Waals surface area contributed by atoms with E-state index in [0.29, 0.717) is 10.6 Å². The topological polar surface area (TPSA) is 46.5 Å². The van der Waals surface area contributed by atoms with Crippen LogP contribution in [0.2, 0.25) is 0 Å². The summed E-state index contributed by atoms with van der Waals surface area (Å²) in [6, 6.07) is 14.5. The maximum absolute atomic E-state index is 12.0. The van der Waals surface area contributed by atoms with Crippen LogP contribution in [0.15, 0.2) is 53.4 Å². The summed E-state index contributed by atoms with van der Waals surface area (Å²) >= 11 is 0.843. The third-order valence-corrected chi connectivity index (χ3v) is 5.19. The number of hydrogen-bond donors (Lipinski definition) is 1. The molecule has 19 heavy (non-hydrogen) atoms. The monoisotopic (exact) mass is 294 g/mol. The van der Waals surface area contributed by atoms with Gasteiger partial charge >= 0.3 is 6.80 Å². The van der Waals surface area contributed by atoms with Gasteiger partial charge in [-0.25, -0.2) is 4.57 Å². The fourth-order valence-electron chi connectivity index (χ4n) is 1.48. The lowest BCUT2D eigenvalue weighted by Crippen LogP contribution is -1.88. The van der Waals surface area contributed by atoms with Crippen molar-refractivity contribution in [3.05, 3.63) is 59.7 Å². The fourth-order valence-corrected chi connectivity index (χ4v) is 3.97. The van der Waals surface area contributed by atoms with Crippen molar-refractivity contribution in [2.24, 2.45) is 0 Å². The summed E-state index contributed by atoms with van der Waals surface area (Å²) in [7, 11) is 0. The Bertz CT molecular complexity index is 542. The lowest BCUT2D eigenvalue weighted by molar-refractivity contribution is 0.402. The molecule has 0 aliphatic rings. The van der Waals surface area contributed by atoms with Crippen molar-refractivity contribution in [1.82, 2.24) is 0 Å². The van der Waals surface area contributed by atoms with Crippen molar-refractivity contribution in [3.63, 3.8) is 0 Å². The molecule has 0 saturated heterocycles. The zero-order valence-corrected chi connectivity index (χ0v) is 12.4. The summed E-state index contributed by atoms with van der Waals surface area (Å²) in [4.78, 5) is 10.6. The third-order valence-electron chi connectivity index (χ3n) is 2.48. The predicted molar refractivity (Wildman–Crippen MR) is 78.7 cm³/mol. The second-order valence-corrected chi connectivity index (χ2v) is 7.98. The Morgan fingerprint density at radius 2 is 1.42 bits per heavy atom. The number of hydrogen-bond acceptors (Lipinski definition) is 3. The molecule has 0 saturated carbocycles. The third kappa shape index (κ3) is 4.43. The summed E-state index contributed by atoms with van der Waals surface area (Å²) < 4.78 is 17.2. The standard InChI is InChI=1S/C14H15O3PS/c1-11-3-7-13(8-4-11)17-18(15,16)19-14-9-5-12(2)6-10-14/h3-10H,1-2H3,(H,15,16). The highest BCUT2D eigenvalue weighted by atomic mass is 32.7. The van der Waals surface area contributed by atoms with Crippen molar-refractivity contribution in [2.45, 2.75) is 18.7 Å². The lowest BCUT2D eigenvalue weighted by atomic mass is 10.2. The fraction of sp³-hybridized carbons (Fsp3) is 0.143. The smallest absolute Gasteiger partial charge is 0.417 e. The van der Waals surface area contributed by atoms with Gasteiger partial charge in [-0.15, -0.1) is 0 Å². The van der Waals surface area contributed by atoms with Crippen LogP contribution in [0.5, 0.6) is 5.75 Å². The van der Waals surface area contributed by atoms with Crippen molar-refractivity contribution < 1.29 is 14.0 Å². The summed E-state index contributed by atoms with van der Waals surface area (Å²) in [5.74, 6) is 0.399. The molecule has 1 N–H and O–H groups in total. The maximum Gasteiger partial charge on any atom is 0.442 e. The van der Waals surface area contributed by atoms with Crippen molar-refractivity contribution >= 4 is 18.2 Å². The highest BCUT2D eigenvalue weighted by Crippen LogP contribution is 2.58. The van der Waals surface area contributed by atoms with E-state index in [9.17, 15) is 9.46 Å². The minimum atomic E-state index is -3.75. The quantitative estimate of drug-likeness (QED) is 0.839. The zero-order chi connectivity index (χ0) is 13.9. The van der Waals surface area contributed by atoms with E-state index in [-0.39, 0.29) is 0 Å². The van der Waals surface area contributed by atoms with E-state index < -0.39 is 6.80 Å². The molecule has 0 aliphatic carbocycles. The van der Waals surface area contributed by atoms with E-state index in [1.54, 1.807) is 24.3 Å². The van der Waals surface area contributed by atoms with Crippen LogP contribution in [0.4, 0.5) is 0 Å². The predicted octanol–water partition coefficient (Wildman–Crippen LogP) is 4.57. The SMILES string of the molecule is Cc1ccc(OP(=O)(O)Sc2ccc(C)cc2)cc1. The first kappa shape index (κ1) is 14.2. The maximum atomic E-state index is 12.0. The second kappa shape index (κ2) is 5.83. The summed E-state index contributed by atoms with van der Waals surface area (Å²) in [5, 5.41) is 0. The van der Waals surface area contributed by atoms with Gasteiger partial charge in [-0.1, -0.05) is 35.4 Å². The van der Waals surface area contributed by atoms with E-state index in [1.807, 2.05) is 38.1 Å². The molecular formula is C14H15O3PS. The Balaban J connectivity index is 2.08. The largest absolute Gasteiger partial charge is 0.442 e. The van der Waals surface area contributed by atoms with Gasteiger partial charge in [0.25, 0.3) is 0 Å². The highest BCUT2D eigenvalue weighted by molar-refractivity contribution is 8.54. The van der Waals surface area contributed by atoms with Gasteiger partial charge in [-0.3, -0.25) is 0 Å². The van der Waals surface area contributed by atoms with Crippen LogP contribution in [0.1, 0.15) is 11.1 Å². The van der Waals surface area contributed by atoms with Gasteiger partial charge in [0.1, 0.15) is 5.75 Å². The van der Waals surface area contributed by atoms with Gasteiger partial charge in [0.2, 0.25) is 0 Å². The molecule has 100 valence electrons. The van der Waals surface area contributed by atoms with Crippen LogP contribution < -0.4 is 4.52 Å². The molecule has 0 amide bonds. The van der Waals surface area contributed by atoms with E-state index in [1.165, 1.54) is 0 Å². The van der Waals surface area contributed by atoms with E-state index in [2.05, 4.69) is 0 Å². The Hall–Kier alpha value is -1.22. The van der Waals surface area contributed by atoms with Crippen LogP contribution in [0.3, 0.4) is 0 Å². The molecule has 0 aromatic heterocycles. The molecule has 5 heteroatoms. The normalized spacial score (nSPS) is 13.8. The first-order valence-electron chi connectivity index (χ1n) is 5.80. The van der Waals surface area contributed by atoms with Gasteiger partial charge in [0.15, 0.2) is 0 Å². The molecular weight excluding hydrogens is 279 g/mol. The molecule has 0 heterocycles. The molecule has 0 aliphatic heterocycles. The van der Waals surface area contributed by atoms with Crippen LogP contribution in [-0.2, 0) is 4.57 Å². The average Bonchev–Trinajstić information content (AvgIpc) is 2.34. The number of benzene rings is 2. The summed E-state index contributed by atoms with van der Waals surface area (Å²) in [6.45, 7) is 0.166. The zero-order valence-electron chi connectivity index (χ0n) is 10.7. The molecule has 1 atom stereocenters. The van der Waals surface area contributed by atoms with Crippen LogP contribution in [0.25, 0.3) is 0 Å². The molecule has 0 radical (unpaired) electrons. The van der Waals surface area contributed by atoms with Crippen LogP contribution >= 0.6 is 18.2 Å². The van der Waals surface area contributed by atoms with E-state index >= 15 is 0 Å². The highest BCUT2D eigenvalue weighted by Gasteiger charge is 2.23. The van der Waals surface area contributed by atoms with E-state index in [0.717, 1.165) is 22.5 Å². The summed E-state index contributed by atoms with van der Waals surface area (Å²) in [6.07, 6.45) is 0. The lowest BCUT2D eigenvalue weighted by Gasteiger charge is -2.12. The van der Waals surface area contributed by atoms with Crippen molar-refractivity contribution in [3.8, 4) is 5.75 Å². The molecule has 2 aromatic rings. The molecule has 0 spiro atoms. The Morgan fingerprint density at radius 1 is 0.947 bits per heavy atom. The first-order valence-corrected chi connectivity index (χ1v) is 8.80. The van der Waals surface area contributed by atoms with Crippen molar-refractivity contribution in [1.29, 1.82) is 0 Å². The van der Waals surface area contributed by atoms with E-state index in [4.69, 9.17) is 4.52 Å². The minimum Gasteiger partial charge on any atom is -0.417 e. The van der Waals surface area contributed by atoms with Crippen molar-refractivity contribution in [2.75, 3.05) is 0 Å². The Kier molecular flexibility index (Phi) is 4.35. The molecule has 0 bridgehead atoms. The van der Waals surface area contributed by atoms with Gasteiger partial charge in [-0.05, 0) is 38.1 Å². The minimum absolute atomic E-state index is 0.399. The molecule has 2 rings (SSSR count). The molecule has 1 unspecified atom stereocenters. The van der Waals surface area contributed by atoms with Crippen LogP contribution in [0, 0.1) is 13.8 Å². The van der Waals surface area contributed by atoms with Crippen LogP contribution in [-0.4, -0.2) is 4.89 Å².